The molecule has 1 aliphatic rings. The maximum absolute atomic E-state index is 13.7. The Morgan fingerprint density at radius 3 is 2.12 bits per heavy atom. The van der Waals surface area contributed by atoms with E-state index in [1.165, 1.54) is 4.90 Å². The summed E-state index contributed by atoms with van der Waals surface area (Å²) in [6.45, 7) is 9.86. The molecule has 0 spiro atoms. The average molecular weight is 445 g/mol. The van der Waals surface area contributed by atoms with Gasteiger partial charge in [-0.2, -0.15) is 0 Å². The summed E-state index contributed by atoms with van der Waals surface area (Å²) in [6, 6.07) is 16.9. The molecule has 0 aromatic heterocycles. The van der Waals surface area contributed by atoms with Crippen LogP contribution in [0.2, 0.25) is 5.02 Å². The number of benzene rings is 3. The average Bonchev–Trinajstić information content (AvgIpc) is 2.96. The molecule has 1 aliphatic heterocycles. The fourth-order valence-electron chi connectivity index (χ4n) is 3.99. The quantitative estimate of drug-likeness (QED) is 0.482. The highest BCUT2D eigenvalue weighted by Gasteiger charge is 2.41. The largest absolute Gasteiger partial charge is 0.350 e. The first-order valence-electron chi connectivity index (χ1n) is 10.5. The van der Waals surface area contributed by atoms with Crippen LogP contribution in [-0.4, -0.2) is 11.8 Å². The summed E-state index contributed by atoms with van der Waals surface area (Å²) >= 11 is 6.11. The number of aryl methyl sites for hydroxylation is 5. The van der Waals surface area contributed by atoms with Gasteiger partial charge in [0.1, 0.15) is 5.70 Å². The Hall–Kier alpha value is -3.37. The van der Waals surface area contributed by atoms with Crippen molar-refractivity contribution in [2.75, 3.05) is 10.2 Å². The van der Waals surface area contributed by atoms with Crippen molar-refractivity contribution in [3.8, 4) is 0 Å². The lowest BCUT2D eigenvalue weighted by Crippen LogP contribution is -2.33. The van der Waals surface area contributed by atoms with Crippen LogP contribution in [0.3, 0.4) is 0 Å². The summed E-state index contributed by atoms with van der Waals surface area (Å²) in [6.07, 6.45) is 0. The number of imide groups is 1. The van der Waals surface area contributed by atoms with Crippen molar-refractivity contribution in [3.63, 3.8) is 0 Å². The lowest BCUT2D eigenvalue weighted by molar-refractivity contribution is -0.120. The third-order valence-corrected chi connectivity index (χ3v) is 6.16. The topological polar surface area (TPSA) is 49.4 Å². The Morgan fingerprint density at radius 1 is 0.719 bits per heavy atom. The van der Waals surface area contributed by atoms with E-state index in [2.05, 4.69) is 5.32 Å². The number of nitrogens with one attached hydrogen (secondary N) is 1. The van der Waals surface area contributed by atoms with Crippen molar-refractivity contribution >= 4 is 40.4 Å². The molecular weight excluding hydrogens is 420 g/mol. The van der Waals surface area contributed by atoms with Gasteiger partial charge in [0.05, 0.1) is 11.3 Å². The summed E-state index contributed by atoms with van der Waals surface area (Å²) in [7, 11) is 0. The molecule has 162 valence electrons. The van der Waals surface area contributed by atoms with Crippen LogP contribution in [-0.2, 0) is 9.59 Å². The van der Waals surface area contributed by atoms with Gasteiger partial charge in [-0.15, -0.1) is 0 Å². The van der Waals surface area contributed by atoms with Crippen LogP contribution < -0.4 is 10.2 Å². The van der Waals surface area contributed by atoms with E-state index in [1.807, 2.05) is 71.0 Å². The van der Waals surface area contributed by atoms with Crippen LogP contribution in [0, 0.1) is 34.6 Å². The van der Waals surface area contributed by atoms with E-state index in [0.717, 1.165) is 33.5 Å². The highest BCUT2D eigenvalue weighted by Crippen LogP contribution is 2.36. The SMILES string of the molecule is Cc1ccc(NC2=C(c3ccc(C)c(C)c3)C(=O)N(c3ccc(Cl)cc3C)C2=O)c(C)c1. The molecular formula is C27H25ClN2O2. The molecule has 5 heteroatoms. The second kappa shape index (κ2) is 8.29. The van der Waals surface area contributed by atoms with Crippen LogP contribution in [0.5, 0.6) is 0 Å². The molecule has 0 aliphatic carbocycles. The normalized spacial score (nSPS) is 13.9. The van der Waals surface area contributed by atoms with E-state index < -0.39 is 0 Å². The summed E-state index contributed by atoms with van der Waals surface area (Å²) in [5.41, 5.74) is 7.75. The Bertz CT molecular complexity index is 1310. The molecule has 1 heterocycles. The summed E-state index contributed by atoms with van der Waals surface area (Å²) in [5.74, 6) is -0.732. The zero-order chi connectivity index (χ0) is 23.2. The first kappa shape index (κ1) is 21.8. The van der Waals surface area contributed by atoms with E-state index in [9.17, 15) is 9.59 Å². The fraction of sp³-hybridized carbons (Fsp3) is 0.185. The van der Waals surface area contributed by atoms with Gasteiger partial charge in [0, 0.05) is 10.7 Å². The van der Waals surface area contributed by atoms with Gasteiger partial charge in [-0.05, 0) is 86.7 Å². The van der Waals surface area contributed by atoms with Crippen molar-refractivity contribution in [3.05, 3.63) is 98.7 Å². The summed E-state index contributed by atoms with van der Waals surface area (Å²) < 4.78 is 0. The summed E-state index contributed by atoms with van der Waals surface area (Å²) in [4.78, 5) is 28.5. The predicted molar refractivity (Wildman–Crippen MR) is 131 cm³/mol. The number of carbonyl (C=O) groups excluding carboxylic acids is 2. The number of hydrogen-bond acceptors (Lipinski definition) is 3. The standard InChI is InChI=1S/C27H25ClN2O2/c1-15-6-10-22(18(4)12-15)29-25-24(20-8-7-16(2)17(3)13-20)26(31)30(27(25)32)23-11-9-21(28)14-19(23)5/h6-14,29H,1-5H3. The Morgan fingerprint density at radius 2 is 1.47 bits per heavy atom. The Balaban J connectivity index is 1.88. The monoisotopic (exact) mass is 444 g/mol. The third kappa shape index (κ3) is 3.82. The van der Waals surface area contributed by atoms with Gasteiger partial charge in [-0.1, -0.05) is 47.5 Å². The van der Waals surface area contributed by atoms with Gasteiger partial charge < -0.3 is 5.32 Å². The molecule has 0 fully saturated rings. The molecule has 3 aromatic carbocycles. The van der Waals surface area contributed by atoms with Crippen LogP contribution in [0.1, 0.15) is 33.4 Å². The minimum atomic E-state index is -0.381. The van der Waals surface area contributed by atoms with Crippen LogP contribution in [0.4, 0.5) is 11.4 Å². The highest BCUT2D eigenvalue weighted by molar-refractivity contribution is 6.46. The maximum Gasteiger partial charge on any atom is 0.282 e. The van der Waals surface area contributed by atoms with E-state index in [4.69, 9.17) is 11.6 Å². The maximum atomic E-state index is 13.7. The lowest BCUT2D eigenvalue weighted by atomic mass is 9.99. The van der Waals surface area contributed by atoms with Gasteiger partial charge in [0.2, 0.25) is 0 Å². The predicted octanol–water partition coefficient (Wildman–Crippen LogP) is 6.28. The second-order valence-corrected chi connectivity index (χ2v) is 8.81. The van der Waals surface area contributed by atoms with Crippen molar-refractivity contribution in [1.82, 2.24) is 0 Å². The molecule has 2 amide bonds. The van der Waals surface area contributed by atoms with E-state index in [-0.39, 0.29) is 17.5 Å². The van der Waals surface area contributed by atoms with E-state index in [1.54, 1.807) is 18.2 Å². The molecule has 0 unspecified atom stereocenters. The number of amides is 2. The number of rotatable bonds is 4. The van der Waals surface area contributed by atoms with Gasteiger partial charge in [-0.25, -0.2) is 4.90 Å². The summed E-state index contributed by atoms with van der Waals surface area (Å²) in [5, 5.41) is 3.83. The number of anilines is 2. The molecule has 0 saturated heterocycles. The first-order chi connectivity index (χ1) is 15.2. The first-order valence-corrected chi connectivity index (χ1v) is 10.9. The third-order valence-electron chi connectivity index (χ3n) is 5.92. The van der Waals surface area contributed by atoms with Crippen LogP contribution >= 0.6 is 11.6 Å². The van der Waals surface area contributed by atoms with E-state index in [0.29, 0.717) is 21.8 Å². The fourth-order valence-corrected chi connectivity index (χ4v) is 4.21. The molecule has 0 saturated carbocycles. The smallest absolute Gasteiger partial charge is 0.282 e. The van der Waals surface area contributed by atoms with Gasteiger partial charge in [0.25, 0.3) is 11.8 Å². The highest BCUT2D eigenvalue weighted by atomic mass is 35.5. The van der Waals surface area contributed by atoms with Crippen molar-refractivity contribution < 1.29 is 9.59 Å². The Kier molecular flexibility index (Phi) is 5.66. The minimum Gasteiger partial charge on any atom is -0.350 e. The lowest BCUT2D eigenvalue weighted by Gasteiger charge is -2.18. The number of carbonyl (C=O) groups is 2. The van der Waals surface area contributed by atoms with Gasteiger partial charge in [0.15, 0.2) is 0 Å². The number of nitrogens with zero attached hydrogens (tertiary/aromatic N) is 1. The van der Waals surface area contributed by atoms with E-state index >= 15 is 0 Å². The van der Waals surface area contributed by atoms with Crippen molar-refractivity contribution in [2.24, 2.45) is 0 Å². The van der Waals surface area contributed by atoms with Crippen molar-refractivity contribution in [2.45, 2.75) is 34.6 Å². The van der Waals surface area contributed by atoms with Crippen LogP contribution in [0.25, 0.3) is 5.57 Å². The second-order valence-electron chi connectivity index (χ2n) is 8.37. The molecule has 4 nitrogen and oxygen atoms in total. The molecule has 1 N–H and O–H groups in total. The molecule has 32 heavy (non-hydrogen) atoms. The molecule has 3 aromatic rings. The zero-order valence-electron chi connectivity index (χ0n) is 18.8. The molecule has 0 bridgehead atoms. The zero-order valence-corrected chi connectivity index (χ0v) is 19.6. The minimum absolute atomic E-state index is 0.277. The Labute approximate surface area is 193 Å². The molecule has 0 atom stereocenters. The number of hydrogen-bond donors (Lipinski definition) is 1. The van der Waals surface area contributed by atoms with Crippen LogP contribution in [0.15, 0.2) is 60.3 Å². The van der Waals surface area contributed by atoms with Gasteiger partial charge in [-0.3, -0.25) is 9.59 Å². The van der Waals surface area contributed by atoms with Gasteiger partial charge >= 0.3 is 0 Å². The van der Waals surface area contributed by atoms with Crippen molar-refractivity contribution in [1.29, 1.82) is 0 Å². The molecule has 0 radical (unpaired) electrons. The molecule has 4 rings (SSSR count). The number of halogens is 1.